The van der Waals surface area contributed by atoms with E-state index in [1.165, 1.54) is 0 Å². The largest absolute Gasteiger partial charge is 0.508 e. The molecule has 1 heterocycles. The second-order valence-electron chi connectivity index (χ2n) is 7.54. The number of fused-ring (bicyclic) bond motifs is 1. The first-order valence-corrected chi connectivity index (χ1v) is 10.2. The SMILES string of the molecule is CN1C(=C(C#N)C(=O)COC(=O)c2ccc(-c3ccc(O)cc3)cc2)N(C)c2ccccc21. The molecule has 1 aliphatic rings. The normalized spacial score (nSPS) is 12.2. The van der Waals surface area contributed by atoms with E-state index in [9.17, 15) is 20.0 Å². The summed E-state index contributed by atoms with van der Waals surface area (Å²) in [6.45, 7) is -0.539. The molecule has 0 radical (unpaired) electrons. The average molecular weight is 439 g/mol. The molecule has 7 heteroatoms. The van der Waals surface area contributed by atoms with Crippen molar-refractivity contribution >= 4 is 23.1 Å². The van der Waals surface area contributed by atoms with Crippen molar-refractivity contribution in [3.63, 3.8) is 0 Å². The van der Waals surface area contributed by atoms with Gasteiger partial charge in [0.15, 0.2) is 6.61 Å². The third kappa shape index (κ3) is 4.14. The van der Waals surface area contributed by atoms with Crippen molar-refractivity contribution in [3.8, 4) is 22.9 Å². The van der Waals surface area contributed by atoms with Gasteiger partial charge in [-0.2, -0.15) is 5.26 Å². The Bertz CT molecular complexity index is 1260. The smallest absolute Gasteiger partial charge is 0.338 e. The van der Waals surface area contributed by atoms with Crippen LogP contribution in [0.1, 0.15) is 10.4 Å². The van der Waals surface area contributed by atoms with Gasteiger partial charge in [0, 0.05) is 14.1 Å². The molecule has 0 aliphatic carbocycles. The number of Topliss-reactive ketones (excluding diaryl/α,β-unsaturated/α-hetero) is 1. The molecule has 0 saturated heterocycles. The Labute approximate surface area is 191 Å². The summed E-state index contributed by atoms with van der Waals surface area (Å²) in [5.74, 6) is -0.612. The number of phenolic OH excluding ortho intramolecular Hbond substituents is 1. The zero-order valence-corrected chi connectivity index (χ0v) is 18.1. The van der Waals surface area contributed by atoms with Crippen LogP contribution in [0, 0.1) is 11.3 Å². The van der Waals surface area contributed by atoms with Gasteiger partial charge in [0.25, 0.3) is 0 Å². The van der Waals surface area contributed by atoms with E-state index in [0.29, 0.717) is 11.4 Å². The minimum atomic E-state index is -0.653. The van der Waals surface area contributed by atoms with Crippen LogP contribution in [0.25, 0.3) is 11.1 Å². The van der Waals surface area contributed by atoms with E-state index in [1.54, 1.807) is 72.4 Å². The number of aromatic hydroxyl groups is 1. The number of hydrogen-bond acceptors (Lipinski definition) is 7. The van der Waals surface area contributed by atoms with E-state index >= 15 is 0 Å². The summed E-state index contributed by atoms with van der Waals surface area (Å²) in [6, 6.07) is 23.0. The number of para-hydroxylation sites is 2. The standard InChI is InChI=1S/C26H21N3O4/c1-28-22-5-3-4-6-23(22)29(2)25(28)21(15-27)24(31)16-33-26(32)19-9-7-17(8-10-19)18-11-13-20(30)14-12-18/h3-14,30H,16H2,1-2H3. The Morgan fingerprint density at radius 2 is 1.39 bits per heavy atom. The fourth-order valence-corrected chi connectivity index (χ4v) is 3.80. The van der Waals surface area contributed by atoms with Gasteiger partial charge in [-0.15, -0.1) is 0 Å². The van der Waals surface area contributed by atoms with Gasteiger partial charge < -0.3 is 19.6 Å². The Morgan fingerprint density at radius 1 is 0.879 bits per heavy atom. The van der Waals surface area contributed by atoms with Crippen LogP contribution in [0.5, 0.6) is 5.75 Å². The van der Waals surface area contributed by atoms with E-state index in [0.717, 1.165) is 22.5 Å². The molecule has 164 valence electrons. The number of esters is 1. The van der Waals surface area contributed by atoms with Crippen molar-refractivity contribution in [2.24, 2.45) is 0 Å². The monoisotopic (exact) mass is 439 g/mol. The minimum absolute atomic E-state index is 0.0771. The third-order valence-corrected chi connectivity index (χ3v) is 5.51. The molecule has 0 unspecified atom stereocenters. The average Bonchev–Trinajstić information content (AvgIpc) is 3.09. The Morgan fingerprint density at radius 3 is 1.91 bits per heavy atom. The minimum Gasteiger partial charge on any atom is -0.508 e. The third-order valence-electron chi connectivity index (χ3n) is 5.51. The number of carbonyl (C=O) groups excluding carboxylic acids is 2. The van der Waals surface area contributed by atoms with Crippen LogP contribution in [0.4, 0.5) is 11.4 Å². The van der Waals surface area contributed by atoms with E-state index in [-0.39, 0.29) is 11.3 Å². The fraction of sp³-hybridized carbons (Fsp3) is 0.115. The van der Waals surface area contributed by atoms with Crippen LogP contribution in [0.3, 0.4) is 0 Å². The lowest BCUT2D eigenvalue weighted by molar-refractivity contribution is -0.118. The van der Waals surface area contributed by atoms with Crippen LogP contribution in [-0.2, 0) is 9.53 Å². The van der Waals surface area contributed by atoms with Crippen LogP contribution in [-0.4, -0.2) is 37.6 Å². The summed E-state index contributed by atoms with van der Waals surface area (Å²) in [5.41, 5.74) is 3.72. The lowest BCUT2D eigenvalue weighted by Crippen LogP contribution is -2.27. The summed E-state index contributed by atoms with van der Waals surface area (Å²) in [5, 5.41) is 19.1. The number of benzene rings is 3. The molecule has 0 bridgehead atoms. The molecule has 0 atom stereocenters. The maximum Gasteiger partial charge on any atom is 0.338 e. The number of carbonyl (C=O) groups is 2. The molecule has 4 rings (SSSR count). The highest BCUT2D eigenvalue weighted by Gasteiger charge is 2.31. The fourth-order valence-electron chi connectivity index (χ4n) is 3.80. The van der Waals surface area contributed by atoms with Gasteiger partial charge in [-0.1, -0.05) is 36.4 Å². The number of anilines is 2. The highest BCUT2D eigenvalue weighted by molar-refractivity contribution is 6.04. The van der Waals surface area contributed by atoms with Gasteiger partial charge in [0.1, 0.15) is 23.2 Å². The number of rotatable bonds is 5. The van der Waals surface area contributed by atoms with E-state index in [2.05, 4.69) is 0 Å². The zero-order chi connectivity index (χ0) is 23.5. The summed E-state index contributed by atoms with van der Waals surface area (Å²) < 4.78 is 5.20. The number of phenols is 1. The molecule has 3 aromatic rings. The topological polar surface area (TPSA) is 93.9 Å². The highest BCUT2D eigenvalue weighted by Crippen LogP contribution is 2.40. The first-order valence-electron chi connectivity index (χ1n) is 10.2. The van der Waals surface area contributed by atoms with E-state index in [1.807, 2.05) is 30.3 Å². The molecule has 1 N–H and O–H groups in total. The van der Waals surface area contributed by atoms with Crippen molar-refractivity contribution in [2.75, 3.05) is 30.5 Å². The maximum atomic E-state index is 12.8. The van der Waals surface area contributed by atoms with E-state index < -0.39 is 18.4 Å². The Hall–Kier alpha value is -4.57. The highest BCUT2D eigenvalue weighted by atomic mass is 16.5. The number of nitrogens with zero attached hydrogens (tertiary/aromatic N) is 3. The molecule has 1 aliphatic heterocycles. The second kappa shape index (κ2) is 8.89. The van der Waals surface area contributed by atoms with Crippen LogP contribution >= 0.6 is 0 Å². The van der Waals surface area contributed by atoms with Crippen molar-refractivity contribution in [2.45, 2.75) is 0 Å². The van der Waals surface area contributed by atoms with Gasteiger partial charge in [-0.3, -0.25) is 4.79 Å². The summed E-state index contributed by atoms with van der Waals surface area (Å²) in [7, 11) is 3.56. The number of ether oxygens (including phenoxy) is 1. The van der Waals surface area contributed by atoms with Crippen molar-refractivity contribution < 1.29 is 19.4 Å². The molecule has 0 saturated carbocycles. The van der Waals surface area contributed by atoms with E-state index in [4.69, 9.17) is 4.74 Å². The van der Waals surface area contributed by atoms with Crippen LogP contribution < -0.4 is 9.80 Å². The number of nitriles is 1. The molecule has 0 aromatic heterocycles. The van der Waals surface area contributed by atoms with Crippen LogP contribution in [0.2, 0.25) is 0 Å². The number of hydrogen-bond donors (Lipinski definition) is 1. The van der Waals surface area contributed by atoms with Crippen molar-refractivity contribution in [1.82, 2.24) is 0 Å². The Kier molecular flexibility index (Phi) is 5.83. The van der Waals surface area contributed by atoms with Gasteiger partial charge >= 0.3 is 5.97 Å². The van der Waals surface area contributed by atoms with Gasteiger partial charge in [-0.05, 0) is 47.5 Å². The first-order chi connectivity index (χ1) is 15.9. The summed E-state index contributed by atoms with van der Waals surface area (Å²) in [6.07, 6.45) is 0. The molecule has 0 spiro atoms. The van der Waals surface area contributed by atoms with Gasteiger partial charge in [0.2, 0.25) is 5.78 Å². The second-order valence-corrected chi connectivity index (χ2v) is 7.54. The summed E-state index contributed by atoms with van der Waals surface area (Å²) >= 11 is 0. The first kappa shape index (κ1) is 21.7. The number of ketones is 1. The molecule has 0 amide bonds. The molecule has 0 fully saturated rings. The molecule has 3 aromatic carbocycles. The maximum absolute atomic E-state index is 12.8. The molecular formula is C26H21N3O4. The Balaban J connectivity index is 1.46. The summed E-state index contributed by atoms with van der Waals surface area (Å²) in [4.78, 5) is 28.8. The quantitative estimate of drug-likeness (QED) is 0.363. The van der Waals surface area contributed by atoms with Gasteiger partial charge in [0.05, 0.1) is 16.9 Å². The zero-order valence-electron chi connectivity index (χ0n) is 18.1. The molecular weight excluding hydrogens is 418 g/mol. The predicted octanol–water partition coefficient (Wildman–Crippen LogP) is 4.11. The van der Waals surface area contributed by atoms with Crippen molar-refractivity contribution in [3.05, 3.63) is 89.8 Å². The lowest BCUT2D eigenvalue weighted by Gasteiger charge is -2.19. The van der Waals surface area contributed by atoms with Crippen molar-refractivity contribution in [1.29, 1.82) is 5.26 Å². The van der Waals surface area contributed by atoms with Crippen LogP contribution in [0.15, 0.2) is 84.2 Å². The molecule has 7 nitrogen and oxygen atoms in total. The lowest BCUT2D eigenvalue weighted by atomic mass is 10.0. The molecule has 33 heavy (non-hydrogen) atoms. The predicted molar refractivity (Wildman–Crippen MR) is 125 cm³/mol. The van der Waals surface area contributed by atoms with Gasteiger partial charge in [-0.25, -0.2) is 4.79 Å².